The number of carboxylic acids is 1. The summed E-state index contributed by atoms with van der Waals surface area (Å²) >= 11 is 0. The van der Waals surface area contributed by atoms with Gasteiger partial charge in [0.05, 0.1) is 41.4 Å². The molecule has 1 fully saturated rings. The summed E-state index contributed by atoms with van der Waals surface area (Å²) in [7, 11) is 0. The molecule has 3 heterocycles. The zero-order valence-corrected chi connectivity index (χ0v) is 24.5. The molecule has 1 N–H and O–H groups in total. The van der Waals surface area contributed by atoms with Gasteiger partial charge in [-0.05, 0) is 73.4 Å². The third-order valence-corrected chi connectivity index (χ3v) is 8.44. The number of aromatic carboxylic acids is 1. The van der Waals surface area contributed by atoms with E-state index >= 15 is 0 Å². The van der Waals surface area contributed by atoms with E-state index in [1.807, 2.05) is 11.5 Å². The van der Waals surface area contributed by atoms with Gasteiger partial charge in [-0.3, -0.25) is 4.90 Å². The van der Waals surface area contributed by atoms with Gasteiger partial charge in [0.25, 0.3) is 0 Å². The Labute approximate surface area is 259 Å². The predicted octanol–water partition coefficient (Wildman–Crippen LogP) is 6.98. The van der Waals surface area contributed by atoms with Crippen molar-refractivity contribution < 1.29 is 50.5 Å². The highest BCUT2D eigenvalue weighted by molar-refractivity contribution is 5.92. The summed E-state index contributed by atoms with van der Waals surface area (Å²) in [6.07, 6.45) is -3.62. The highest BCUT2D eigenvalue weighted by atomic mass is 19.4. The molecule has 3 aromatic carbocycles. The molecule has 0 spiro atoms. The second-order valence-corrected chi connectivity index (χ2v) is 11.3. The number of benzene rings is 3. The molecule has 8 nitrogen and oxygen atoms in total. The van der Waals surface area contributed by atoms with Crippen molar-refractivity contribution in [3.05, 3.63) is 88.0 Å². The van der Waals surface area contributed by atoms with Crippen LogP contribution in [0.2, 0.25) is 0 Å². The molecule has 0 bridgehead atoms. The van der Waals surface area contributed by atoms with Gasteiger partial charge in [-0.25, -0.2) is 14.2 Å². The second-order valence-electron chi connectivity index (χ2n) is 11.3. The maximum Gasteiger partial charge on any atom is 0.419 e. The van der Waals surface area contributed by atoms with Crippen LogP contribution < -0.4 is 9.47 Å². The number of halogens is 6. The number of ether oxygens (including phenoxy) is 3. The first kappa shape index (κ1) is 31.7. The minimum absolute atomic E-state index is 0.0393. The first-order valence-electron chi connectivity index (χ1n) is 14.6. The maximum atomic E-state index is 14.5. The number of imidazole rings is 1. The van der Waals surface area contributed by atoms with Crippen LogP contribution in [0.3, 0.4) is 0 Å². The van der Waals surface area contributed by atoms with Crippen molar-refractivity contribution in [3.63, 3.8) is 0 Å². The summed E-state index contributed by atoms with van der Waals surface area (Å²) in [4.78, 5) is 18.5. The van der Waals surface area contributed by atoms with E-state index in [-0.39, 0.29) is 23.3 Å². The monoisotopic (exact) mass is 649 g/mol. The Morgan fingerprint density at radius 1 is 1.15 bits per heavy atom. The number of carbonyl (C=O) groups is 1. The standard InChI is InChI=1S/C32H29F6N3O5/c1-17-23-13-28(45-16-20-2-4-21(12-25(20)33)46-31(34)35)24(32(36,37)38)10-18(23)6-8-40(17)15-29-39-26-5-3-19(30(42)43)11-27(26)41(29)14-22-7-9-44-22/h2-5,10-13,17,22,31H,6-9,14-16H2,1H3,(H,42,43)/t17-,22-/m0/s1. The molecule has 4 aromatic rings. The van der Waals surface area contributed by atoms with Crippen molar-refractivity contribution >= 4 is 17.0 Å². The summed E-state index contributed by atoms with van der Waals surface area (Å²) in [6, 6.07) is 9.65. The first-order chi connectivity index (χ1) is 21.9. The van der Waals surface area contributed by atoms with Crippen LogP contribution in [0.4, 0.5) is 26.3 Å². The van der Waals surface area contributed by atoms with E-state index in [2.05, 4.69) is 9.64 Å². The van der Waals surface area contributed by atoms with E-state index in [4.69, 9.17) is 14.5 Å². The number of fused-ring (bicyclic) bond motifs is 2. The number of alkyl halides is 5. The topological polar surface area (TPSA) is 86.0 Å². The lowest BCUT2D eigenvalue weighted by Crippen LogP contribution is -2.36. The molecular formula is C32H29F6N3O5. The Bertz CT molecular complexity index is 1770. The van der Waals surface area contributed by atoms with Crippen molar-refractivity contribution in [1.82, 2.24) is 14.5 Å². The van der Waals surface area contributed by atoms with Crippen LogP contribution in [0.15, 0.2) is 48.5 Å². The minimum Gasteiger partial charge on any atom is -0.488 e. The van der Waals surface area contributed by atoms with E-state index in [1.165, 1.54) is 12.1 Å². The van der Waals surface area contributed by atoms with Crippen LogP contribution in [0.25, 0.3) is 11.0 Å². The molecule has 2 aliphatic heterocycles. The summed E-state index contributed by atoms with van der Waals surface area (Å²) in [6.45, 7) is 0.0173. The van der Waals surface area contributed by atoms with Gasteiger partial charge in [0.1, 0.15) is 29.7 Å². The van der Waals surface area contributed by atoms with Crippen molar-refractivity contribution in [2.45, 2.75) is 64.4 Å². The van der Waals surface area contributed by atoms with Crippen molar-refractivity contribution in [2.75, 3.05) is 13.2 Å². The van der Waals surface area contributed by atoms with Gasteiger partial charge in [-0.1, -0.05) is 0 Å². The number of hydrogen-bond acceptors (Lipinski definition) is 6. The van der Waals surface area contributed by atoms with Gasteiger partial charge in [-0.2, -0.15) is 22.0 Å². The lowest BCUT2D eigenvalue weighted by Gasteiger charge is -2.36. The molecule has 14 heteroatoms. The number of nitrogens with zero attached hydrogens (tertiary/aromatic N) is 3. The molecule has 244 valence electrons. The van der Waals surface area contributed by atoms with Crippen LogP contribution in [0.1, 0.15) is 57.8 Å². The third-order valence-electron chi connectivity index (χ3n) is 8.44. The van der Waals surface area contributed by atoms with Crippen LogP contribution in [0.5, 0.6) is 11.5 Å². The number of hydrogen-bond donors (Lipinski definition) is 1. The summed E-state index contributed by atoms with van der Waals surface area (Å²) in [5.41, 5.74) is 1.38. The summed E-state index contributed by atoms with van der Waals surface area (Å²) < 4.78 is 99.1. The quantitative estimate of drug-likeness (QED) is 0.186. The van der Waals surface area contributed by atoms with Gasteiger partial charge >= 0.3 is 18.8 Å². The lowest BCUT2D eigenvalue weighted by molar-refractivity contribution is -0.139. The molecule has 2 aliphatic rings. The van der Waals surface area contributed by atoms with E-state index < -0.39 is 48.2 Å². The third kappa shape index (κ3) is 6.49. The Morgan fingerprint density at radius 2 is 1.93 bits per heavy atom. The summed E-state index contributed by atoms with van der Waals surface area (Å²) in [5, 5.41) is 9.53. The molecule has 1 aromatic heterocycles. The second kappa shape index (κ2) is 12.5. The van der Waals surface area contributed by atoms with E-state index in [0.717, 1.165) is 30.7 Å². The Hall–Kier alpha value is -4.30. The molecule has 0 aliphatic carbocycles. The van der Waals surface area contributed by atoms with E-state index in [0.29, 0.717) is 60.6 Å². The van der Waals surface area contributed by atoms with Crippen molar-refractivity contribution in [2.24, 2.45) is 0 Å². The van der Waals surface area contributed by atoms with Crippen LogP contribution in [-0.4, -0.2) is 51.4 Å². The number of carboxylic acid groups (broad SMARTS) is 1. The molecule has 0 radical (unpaired) electrons. The molecule has 46 heavy (non-hydrogen) atoms. The van der Waals surface area contributed by atoms with Gasteiger partial charge in [-0.15, -0.1) is 0 Å². The van der Waals surface area contributed by atoms with E-state index in [9.17, 15) is 36.2 Å². The van der Waals surface area contributed by atoms with Gasteiger partial charge in [0.15, 0.2) is 0 Å². The number of aromatic nitrogens is 2. The largest absolute Gasteiger partial charge is 0.488 e. The Kier molecular flexibility index (Phi) is 8.59. The van der Waals surface area contributed by atoms with Gasteiger partial charge in [0.2, 0.25) is 0 Å². The molecule has 0 saturated carbocycles. The smallest absolute Gasteiger partial charge is 0.419 e. The highest BCUT2D eigenvalue weighted by Crippen LogP contribution is 2.42. The molecule has 0 unspecified atom stereocenters. The summed E-state index contributed by atoms with van der Waals surface area (Å²) in [5.74, 6) is -2.26. The van der Waals surface area contributed by atoms with E-state index in [1.54, 1.807) is 12.1 Å². The highest BCUT2D eigenvalue weighted by Gasteiger charge is 2.37. The first-order valence-corrected chi connectivity index (χ1v) is 14.6. The fourth-order valence-electron chi connectivity index (χ4n) is 5.88. The van der Waals surface area contributed by atoms with Crippen molar-refractivity contribution in [3.8, 4) is 11.5 Å². The Morgan fingerprint density at radius 3 is 2.59 bits per heavy atom. The zero-order valence-electron chi connectivity index (χ0n) is 24.5. The van der Waals surface area contributed by atoms with Crippen LogP contribution in [0, 0.1) is 5.82 Å². The molecular weight excluding hydrogens is 620 g/mol. The average molecular weight is 650 g/mol. The zero-order chi connectivity index (χ0) is 32.7. The average Bonchev–Trinajstić information content (AvgIpc) is 3.30. The Balaban J connectivity index is 1.28. The van der Waals surface area contributed by atoms with Crippen LogP contribution in [-0.2, 0) is 37.0 Å². The van der Waals surface area contributed by atoms with Gasteiger partial charge < -0.3 is 23.9 Å². The van der Waals surface area contributed by atoms with Gasteiger partial charge in [0, 0.05) is 30.8 Å². The fraction of sp³-hybridized carbons (Fsp3) is 0.375. The molecule has 0 amide bonds. The molecule has 6 rings (SSSR count). The number of rotatable bonds is 10. The maximum absolute atomic E-state index is 14.5. The minimum atomic E-state index is -4.75. The SMILES string of the molecule is C[C@H]1c2cc(OCc3ccc(OC(F)F)cc3F)c(C(F)(F)F)cc2CCN1Cc1nc2ccc(C(=O)O)cc2n1C[C@@H]1CCO1. The normalized spacial score (nSPS) is 18.4. The molecule has 1 saturated heterocycles. The molecule has 2 atom stereocenters. The van der Waals surface area contributed by atoms with Crippen molar-refractivity contribution in [1.29, 1.82) is 0 Å². The van der Waals surface area contributed by atoms with Crippen LogP contribution >= 0.6 is 0 Å². The lowest BCUT2D eigenvalue weighted by atomic mass is 9.91. The predicted molar refractivity (Wildman–Crippen MR) is 152 cm³/mol. The fourth-order valence-corrected chi connectivity index (χ4v) is 5.88.